The van der Waals surface area contributed by atoms with Gasteiger partial charge in [0.05, 0.1) is 19.8 Å². The molecule has 0 spiro atoms. The van der Waals surface area contributed by atoms with Gasteiger partial charge in [-0.2, -0.15) is 5.84 Å². The van der Waals surface area contributed by atoms with Gasteiger partial charge in [-0.05, 0) is 19.3 Å². The number of carbonyl (C=O) groups is 1. The van der Waals surface area contributed by atoms with Crippen LogP contribution in [-0.2, 0) is 4.79 Å². The van der Waals surface area contributed by atoms with E-state index in [0.29, 0.717) is 24.1 Å². The fourth-order valence-corrected chi connectivity index (χ4v) is 6.36. The first kappa shape index (κ1) is 47.4. The Labute approximate surface area is 288 Å². The number of nitrogens with two attached hydrogens (primary N) is 1. The molecule has 6 heteroatoms. The highest BCUT2D eigenvalue weighted by atomic mass is 16.4. The minimum Gasteiger partial charge on any atom is -0.481 e. The molecule has 0 rings (SSSR count). The Morgan fingerprint density at radius 3 is 0.891 bits per heavy atom. The molecular formula is C40H85N2O4+. The summed E-state index contributed by atoms with van der Waals surface area (Å²) in [6.07, 6.45) is 42.1. The molecule has 0 saturated carbocycles. The number of nitrogens with zero attached hydrogens (tertiary/aromatic N) is 1. The molecule has 0 atom stereocenters. The first-order valence-corrected chi connectivity index (χ1v) is 20.5. The Morgan fingerprint density at radius 1 is 0.413 bits per heavy atom. The highest BCUT2D eigenvalue weighted by Crippen LogP contribution is 2.15. The highest BCUT2D eigenvalue weighted by Gasteiger charge is 2.20. The molecule has 46 heavy (non-hydrogen) atoms. The largest absolute Gasteiger partial charge is 0.481 e. The third-order valence-electron chi connectivity index (χ3n) is 9.54. The molecule has 0 aliphatic carbocycles. The Bertz CT molecular complexity index is 569. The Hall–Kier alpha value is -0.690. The Morgan fingerprint density at radius 2 is 0.652 bits per heavy atom. The number of hydrogen-bond acceptors (Lipinski definition) is 4. The molecule has 0 aromatic carbocycles. The summed E-state index contributed by atoms with van der Waals surface area (Å²) < 4.78 is 0.311. The zero-order valence-electron chi connectivity index (χ0n) is 31.4. The summed E-state index contributed by atoms with van der Waals surface area (Å²) in [5.41, 5.74) is 0. The molecule has 0 aliphatic rings. The summed E-state index contributed by atoms with van der Waals surface area (Å²) in [4.78, 5) is 10.3. The SMILES string of the molecule is CCCCCCCCCCCCCCCCCC(=O)O.CCCCCCCCCCCCCCCCCC[N+](N)(CCO)CCO. The molecular weight excluding hydrogens is 572 g/mol. The van der Waals surface area contributed by atoms with Crippen LogP contribution in [0.2, 0.25) is 0 Å². The van der Waals surface area contributed by atoms with Crippen LogP contribution in [0.3, 0.4) is 0 Å². The average Bonchev–Trinajstić information content (AvgIpc) is 3.03. The zero-order chi connectivity index (χ0) is 34.2. The van der Waals surface area contributed by atoms with Crippen molar-refractivity contribution in [2.75, 3.05) is 32.8 Å². The van der Waals surface area contributed by atoms with Gasteiger partial charge in [0.1, 0.15) is 13.1 Å². The Kier molecular flexibility index (Phi) is 41.7. The van der Waals surface area contributed by atoms with Gasteiger partial charge in [-0.1, -0.05) is 194 Å². The van der Waals surface area contributed by atoms with Gasteiger partial charge in [-0.15, -0.1) is 0 Å². The molecule has 0 amide bonds. The van der Waals surface area contributed by atoms with Gasteiger partial charge < -0.3 is 15.3 Å². The summed E-state index contributed by atoms with van der Waals surface area (Å²) in [6, 6.07) is 0. The van der Waals surface area contributed by atoms with E-state index >= 15 is 0 Å². The van der Waals surface area contributed by atoms with Crippen molar-refractivity contribution in [3.63, 3.8) is 0 Å². The summed E-state index contributed by atoms with van der Waals surface area (Å²) >= 11 is 0. The molecule has 6 nitrogen and oxygen atoms in total. The number of carboxylic acid groups (broad SMARTS) is 1. The lowest BCUT2D eigenvalue weighted by Gasteiger charge is -2.31. The molecule has 0 saturated heterocycles. The lowest BCUT2D eigenvalue weighted by Crippen LogP contribution is -2.57. The number of aliphatic carboxylic acids is 1. The summed E-state index contributed by atoms with van der Waals surface area (Å²) in [5.74, 6) is 5.54. The maximum absolute atomic E-state index is 10.3. The van der Waals surface area contributed by atoms with Crippen molar-refractivity contribution in [2.24, 2.45) is 5.84 Å². The minimum absolute atomic E-state index is 0.0926. The summed E-state index contributed by atoms with van der Waals surface area (Å²) in [5, 5.41) is 26.7. The van der Waals surface area contributed by atoms with Crippen LogP contribution in [0.15, 0.2) is 0 Å². The number of rotatable bonds is 37. The maximum Gasteiger partial charge on any atom is 0.303 e. The van der Waals surface area contributed by atoms with Crippen LogP contribution in [-0.4, -0.2) is 58.7 Å². The quantitative estimate of drug-likeness (QED) is 0.0230. The van der Waals surface area contributed by atoms with Gasteiger partial charge in [0.15, 0.2) is 0 Å². The van der Waals surface area contributed by atoms with Gasteiger partial charge >= 0.3 is 5.97 Å². The molecule has 0 bridgehead atoms. The van der Waals surface area contributed by atoms with Crippen LogP contribution < -0.4 is 5.84 Å². The third-order valence-corrected chi connectivity index (χ3v) is 9.54. The van der Waals surface area contributed by atoms with Gasteiger partial charge in [0.25, 0.3) is 0 Å². The van der Waals surface area contributed by atoms with Crippen LogP contribution in [0, 0.1) is 0 Å². The van der Waals surface area contributed by atoms with Crippen molar-refractivity contribution in [2.45, 2.75) is 219 Å². The Balaban J connectivity index is 0. The van der Waals surface area contributed by atoms with E-state index < -0.39 is 5.97 Å². The van der Waals surface area contributed by atoms with Gasteiger partial charge in [-0.25, -0.2) is 4.59 Å². The maximum atomic E-state index is 10.3. The van der Waals surface area contributed by atoms with Crippen molar-refractivity contribution in [1.82, 2.24) is 0 Å². The standard InChI is InChI=1S/C22H49N2O2.C18H36O2/c1-2-3-4-5-6-7-8-9-10-11-12-13-14-15-16-17-18-24(23,19-21-25)20-22-26;1-2-3-4-5-6-7-8-9-10-11-12-13-14-15-16-17-18(19)20/h25-26H,2-23H2,1H3;2-17H2,1H3,(H,19,20)/q+1;. The van der Waals surface area contributed by atoms with E-state index in [4.69, 9.17) is 21.2 Å². The van der Waals surface area contributed by atoms with Crippen LogP contribution in [0.5, 0.6) is 0 Å². The van der Waals surface area contributed by atoms with Crippen molar-refractivity contribution in [1.29, 1.82) is 0 Å². The average molecular weight is 658 g/mol. The fourth-order valence-electron chi connectivity index (χ4n) is 6.36. The van der Waals surface area contributed by atoms with Gasteiger partial charge in [-0.3, -0.25) is 4.79 Å². The van der Waals surface area contributed by atoms with E-state index in [0.717, 1.165) is 25.8 Å². The number of unbranched alkanes of at least 4 members (excludes halogenated alkanes) is 29. The molecule has 0 aromatic rings. The summed E-state index contributed by atoms with van der Waals surface area (Å²) in [6.45, 7) is 6.68. The molecule has 0 radical (unpaired) electrons. The second kappa shape index (κ2) is 40.5. The van der Waals surface area contributed by atoms with Crippen LogP contribution >= 0.6 is 0 Å². The second-order valence-electron chi connectivity index (χ2n) is 14.2. The zero-order valence-corrected chi connectivity index (χ0v) is 31.4. The lowest BCUT2D eigenvalue weighted by molar-refractivity contribution is -0.940. The monoisotopic (exact) mass is 658 g/mol. The van der Waals surface area contributed by atoms with Crippen molar-refractivity contribution >= 4 is 5.97 Å². The molecule has 5 N–H and O–H groups in total. The first-order valence-electron chi connectivity index (χ1n) is 20.5. The molecule has 0 heterocycles. The van der Waals surface area contributed by atoms with E-state index in [2.05, 4.69) is 13.8 Å². The number of quaternary nitrogens is 1. The predicted octanol–water partition coefficient (Wildman–Crippen LogP) is 11.3. The van der Waals surface area contributed by atoms with Gasteiger partial charge in [0.2, 0.25) is 0 Å². The third kappa shape index (κ3) is 41.3. The van der Waals surface area contributed by atoms with E-state index in [1.807, 2.05) is 0 Å². The van der Waals surface area contributed by atoms with Crippen LogP contribution in [0.25, 0.3) is 0 Å². The fraction of sp³-hybridized carbons (Fsp3) is 0.975. The number of hydrogen-bond donors (Lipinski definition) is 4. The topological polar surface area (TPSA) is 104 Å². The van der Waals surface area contributed by atoms with Crippen LogP contribution in [0.1, 0.15) is 219 Å². The predicted molar refractivity (Wildman–Crippen MR) is 200 cm³/mol. The van der Waals surface area contributed by atoms with E-state index in [9.17, 15) is 4.79 Å². The van der Waals surface area contributed by atoms with Crippen molar-refractivity contribution in [3.8, 4) is 0 Å². The summed E-state index contributed by atoms with van der Waals surface area (Å²) in [7, 11) is 0. The molecule has 0 fully saturated rings. The minimum atomic E-state index is -0.653. The molecule has 0 unspecified atom stereocenters. The van der Waals surface area contributed by atoms with E-state index in [1.54, 1.807) is 0 Å². The highest BCUT2D eigenvalue weighted by molar-refractivity contribution is 5.66. The normalized spacial score (nSPS) is 11.5. The van der Waals surface area contributed by atoms with Crippen molar-refractivity contribution in [3.05, 3.63) is 0 Å². The number of aliphatic hydroxyl groups excluding tert-OH is 2. The second-order valence-corrected chi connectivity index (χ2v) is 14.2. The molecule has 0 aromatic heterocycles. The first-order chi connectivity index (χ1) is 22.5. The number of aliphatic hydroxyl groups is 2. The van der Waals surface area contributed by atoms with Crippen molar-refractivity contribution < 1.29 is 24.7 Å². The van der Waals surface area contributed by atoms with Gasteiger partial charge in [0, 0.05) is 6.42 Å². The van der Waals surface area contributed by atoms with E-state index in [-0.39, 0.29) is 13.2 Å². The number of carboxylic acids is 1. The smallest absolute Gasteiger partial charge is 0.303 e. The lowest BCUT2D eigenvalue weighted by atomic mass is 10.0. The van der Waals surface area contributed by atoms with Crippen LogP contribution in [0.4, 0.5) is 0 Å². The van der Waals surface area contributed by atoms with E-state index in [1.165, 1.54) is 180 Å². The molecule has 278 valence electrons. The molecule has 0 aliphatic heterocycles.